The summed E-state index contributed by atoms with van der Waals surface area (Å²) in [6.07, 6.45) is -5.94. The van der Waals surface area contributed by atoms with Gasteiger partial charge in [-0.05, 0) is 13.8 Å². The Morgan fingerprint density at radius 3 is 2.12 bits per heavy atom. The molecule has 0 fully saturated rings. The number of nitrogens with one attached hydrogen (secondary N) is 1. The number of methoxy groups -OCH3 is 1. The quantitative estimate of drug-likeness (QED) is 0.757. The van der Waals surface area contributed by atoms with Crippen LogP contribution in [0, 0.1) is 0 Å². The molecule has 1 N–H and O–H groups in total. The lowest BCUT2D eigenvalue weighted by atomic mass is 10.1. The smallest absolute Gasteiger partial charge is 0.422 e. The second kappa shape index (κ2) is 5.04. The van der Waals surface area contributed by atoms with Crippen molar-refractivity contribution in [3.05, 3.63) is 0 Å². The maximum Gasteiger partial charge on any atom is 0.422 e. The molecule has 0 aliphatic heterocycles. The predicted octanol–water partition coefficient (Wildman–Crippen LogP) is 1.23. The van der Waals surface area contributed by atoms with E-state index in [1.54, 1.807) is 0 Å². The summed E-state index contributed by atoms with van der Waals surface area (Å²) in [5.41, 5.74) is -1.45. The summed E-state index contributed by atoms with van der Waals surface area (Å²) in [4.78, 5) is 21.9. The average molecular weight is 243 g/mol. The largest absolute Gasteiger partial charge is 0.467 e. The van der Waals surface area contributed by atoms with E-state index in [0.717, 1.165) is 7.11 Å². The monoisotopic (exact) mass is 243 g/mol. The van der Waals surface area contributed by atoms with Gasteiger partial charge in [0.2, 0.25) is 0 Å². The zero-order valence-electron chi connectivity index (χ0n) is 8.97. The molecule has 0 atom stereocenters. The minimum Gasteiger partial charge on any atom is -0.467 e. The third-order valence-electron chi connectivity index (χ3n) is 1.48. The number of hydrogen-bond donors (Lipinski definition) is 1. The van der Waals surface area contributed by atoms with Crippen LogP contribution in [0.2, 0.25) is 0 Å². The van der Waals surface area contributed by atoms with E-state index in [-0.39, 0.29) is 0 Å². The number of alkyl halides is 3. The summed E-state index contributed by atoms with van der Waals surface area (Å²) in [7, 11) is 1.09. The van der Waals surface area contributed by atoms with Gasteiger partial charge in [-0.3, -0.25) is 0 Å². The zero-order chi connectivity index (χ0) is 13.0. The standard InChI is InChI=1S/C8H12F3NO4/c1-7(2,5(13)15-3)12-6(14)16-4-8(9,10)11/h4H2,1-3H3,(H,12,14). The highest BCUT2D eigenvalue weighted by molar-refractivity contribution is 5.84. The third kappa shape index (κ3) is 5.42. The van der Waals surface area contributed by atoms with Crippen LogP contribution in [0.3, 0.4) is 0 Å². The summed E-state index contributed by atoms with van der Waals surface area (Å²) >= 11 is 0. The second-order valence-electron chi connectivity index (χ2n) is 3.43. The Morgan fingerprint density at radius 1 is 1.25 bits per heavy atom. The topological polar surface area (TPSA) is 64.6 Å². The molecule has 16 heavy (non-hydrogen) atoms. The first kappa shape index (κ1) is 14.5. The van der Waals surface area contributed by atoms with Crippen molar-refractivity contribution in [1.29, 1.82) is 0 Å². The van der Waals surface area contributed by atoms with Gasteiger partial charge in [0.25, 0.3) is 0 Å². The highest BCUT2D eigenvalue weighted by Gasteiger charge is 2.34. The predicted molar refractivity (Wildman–Crippen MR) is 46.6 cm³/mol. The molecule has 0 saturated carbocycles. The molecule has 0 spiro atoms. The number of amides is 1. The fourth-order valence-corrected chi connectivity index (χ4v) is 0.745. The molecule has 0 aromatic heterocycles. The minimum atomic E-state index is -4.60. The molecule has 0 aromatic carbocycles. The van der Waals surface area contributed by atoms with Crippen LogP contribution in [0.25, 0.3) is 0 Å². The SMILES string of the molecule is COC(=O)C(C)(C)NC(=O)OCC(F)(F)F. The van der Waals surface area contributed by atoms with E-state index in [9.17, 15) is 22.8 Å². The van der Waals surface area contributed by atoms with Crippen LogP contribution in [-0.2, 0) is 14.3 Å². The number of hydrogen-bond acceptors (Lipinski definition) is 4. The Labute approximate surface area is 89.9 Å². The van der Waals surface area contributed by atoms with Crippen molar-refractivity contribution in [3.8, 4) is 0 Å². The molecule has 0 saturated heterocycles. The van der Waals surface area contributed by atoms with Crippen molar-refractivity contribution < 1.29 is 32.2 Å². The van der Waals surface area contributed by atoms with Gasteiger partial charge >= 0.3 is 18.2 Å². The van der Waals surface area contributed by atoms with Gasteiger partial charge in [0.15, 0.2) is 6.61 Å². The Morgan fingerprint density at radius 2 is 1.75 bits per heavy atom. The summed E-state index contributed by atoms with van der Waals surface area (Å²) in [6.45, 7) is 0.831. The molecular formula is C8H12F3NO4. The number of halogens is 3. The fourth-order valence-electron chi connectivity index (χ4n) is 0.745. The summed E-state index contributed by atoms with van der Waals surface area (Å²) < 4.78 is 43.2. The number of ether oxygens (including phenoxy) is 2. The average Bonchev–Trinajstić information content (AvgIpc) is 2.11. The van der Waals surface area contributed by atoms with Crippen LogP contribution in [0.1, 0.15) is 13.8 Å². The summed E-state index contributed by atoms with van der Waals surface area (Å²) in [5.74, 6) is -0.795. The molecule has 0 rings (SSSR count). The van der Waals surface area contributed by atoms with Gasteiger partial charge in [-0.15, -0.1) is 0 Å². The molecule has 0 heterocycles. The molecule has 0 radical (unpaired) electrons. The number of carbonyl (C=O) groups is 2. The Hall–Kier alpha value is -1.47. The molecule has 5 nitrogen and oxygen atoms in total. The van der Waals surface area contributed by atoms with E-state index < -0.39 is 30.4 Å². The van der Waals surface area contributed by atoms with Crippen LogP contribution >= 0.6 is 0 Å². The molecule has 0 aliphatic rings. The third-order valence-corrected chi connectivity index (χ3v) is 1.48. The molecule has 0 aromatic rings. The van der Waals surface area contributed by atoms with Gasteiger partial charge in [0.05, 0.1) is 7.11 Å². The van der Waals surface area contributed by atoms with Gasteiger partial charge in [-0.1, -0.05) is 0 Å². The van der Waals surface area contributed by atoms with E-state index >= 15 is 0 Å². The molecule has 0 unspecified atom stereocenters. The number of rotatable bonds is 3. The van der Waals surface area contributed by atoms with Crippen molar-refractivity contribution in [3.63, 3.8) is 0 Å². The molecule has 0 bridgehead atoms. The second-order valence-corrected chi connectivity index (χ2v) is 3.43. The maximum atomic E-state index is 11.7. The lowest BCUT2D eigenvalue weighted by Gasteiger charge is -2.22. The summed E-state index contributed by atoms with van der Waals surface area (Å²) in [6, 6.07) is 0. The minimum absolute atomic E-state index is 0.795. The van der Waals surface area contributed by atoms with Crippen LogP contribution < -0.4 is 5.32 Å². The van der Waals surface area contributed by atoms with Crippen LogP contribution in [0.15, 0.2) is 0 Å². The number of alkyl carbamates (subject to hydrolysis) is 1. The molecule has 1 amide bonds. The van der Waals surface area contributed by atoms with Gasteiger partial charge in [0.1, 0.15) is 5.54 Å². The number of carbonyl (C=O) groups excluding carboxylic acids is 2. The summed E-state index contributed by atoms with van der Waals surface area (Å²) in [5, 5.41) is 1.94. The first-order valence-corrected chi connectivity index (χ1v) is 4.18. The van der Waals surface area contributed by atoms with E-state index in [1.165, 1.54) is 13.8 Å². The number of esters is 1. The van der Waals surface area contributed by atoms with Crippen LogP contribution in [0.5, 0.6) is 0 Å². The normalized spacial score (nSPS) is 11.9. The van der Waals surface area contributed by atoms with Crippen molar-refractivity contribution in [2.75, 3.05) is 13.7 Å². The van der Waals surface area contributed by atoms with Gasteiger partial charge in [0, 0.05) is 0 Å². The molecule has 94 valence electrons. The highest BCUT2D eigenvalue weighted by atomic mass is 19.4. The first-order chi connectivity index (χ1) is 7.08. The Balaban J connectivity index is 4.20. The van der Waals surface area contributed by atoms with Crippen molar-refractivity contribution >= 4 is 12.1 Å². The van der Waals surface area contributed by atoms with Gasteiger partial charge in [-0.2, -0.15) is 13.2 Å². The maximum absolute atomic E-state index is 11.7. The Kier molecular flexibility index (Phi) is 4.58. The first-order valence-electron chi connectivity index (χ1n) is 4.18. The Bertz CT molecular complexity index is 275. The molecular weight excluding hydrogens is 231 g/mol. The van der Waals surface area contributed by atoms with E-state index in [2.05, 4.69) is 9.47 Å². The van der Waals surface area contributed by atoms with E-state index in [0.29, 0.717) is 0 Å². The lowest BCUT2D eigenvalue weighted by molar-refractivity contribution is -0.161. The van der Waals surface area contributed by atoms with Crippen molar-refractivity contribution in [2.45, 2.75) is 25.6 Å². The van der Waals surface area contributed by atoms with E-state index in [4.69, 9.17) is 0 Å². The lowest BCUT2D eigenvalue weighted by Crippen LogP contribution is -2.50. The zero-order valence-corrected chi connectivity index (χ0v) is 8.97. The van der Waals surface area contributed by atoms with E-state index in [1.807, 2.05) is 5.32 Å². The van der Waals surface area contributed by atoms with Gasteiger partial charge in [-0.25, -0.2) is 9.59 Å². The molecule has 8 heteroatoms. The fraction of sp³-hybridized carbons (Fsp3) is 0.750. The van der Waals surface area contributed by atoms with Crippen molar-refractivity contribution in [2.24, 2.45) is 0 Å². The van der Waals surface area contributed by atoms with Gasteiger partial charge < -0.3 is 14.8 Å². The highest BCUT2D eigenvalue weighted by Crippen LogP contribution is 2.14. The molecule has 0 aliphatic carbocycles. The van der Waals surface area contributed by atoms with Crippen molar-refractivity contribution in [1.82, 2.24) is 5.32 Å². The van der Waals surface area contributed by atoms with Crippen LogP contribution in [-0.4, -0.2) is 37.5 Å². The van der Waals surface area contributed by atoms with Crippen LogP contribution in [0.4, 0.5) is 18.0 Å².